The minimum atomic E-state index is -4.80. The molecule has 96 valence electrons. The van der Waals surface area contributed by atoms with E-state index in [1.54, 1.807) is 6.92 Å². The van der Waals surface area contributed by atoms with Gasteiger partial charge in [0.05, 0.1) is 6.10 Å². The lowest BCUT2D eigenvalue weighted by Crippen LogP contribution is -2.58. The molecule has 0 saturated carbocycles. The Bertz CT molecular complexity index is 249. The van der Waals surface area contributed by atoms with Crippen LogP contribution in [0, 0.1) is 5.92 Å². The number of carbonyl (C=O) groups excluding carboxylic acids is 1. The van der Waals surface area contributed by atoms with Crippen LogP contribution in [0.5, 0.6) is 0 Å². The Balaban J connectivity index is 4.47. The highest BCUT2D eigenvalue weighted by Gasteiger charge is 2.55. The van der Waals surface area contributed by atoms with Crippen molar-refractivity contribution in [1.29, 1.82) is 0 Å². The number of alkyl halides is 3. The van der Waals surface area contributed by atoms with E-state index in [-0.39, 0.29) is 5.92 Å². The molecule has 0 aliphatic carbocycles. The number of rotatable bonds is 4. The molecule has 0 aromatic rings. The smallest absolute Gasteiger partial charge is 0.416 e. The first-order valence-electron chi connectivity index (χ1n) is 5.05. The van der Waals surface area contributed by atoms with Crippen LogP contribution >= 0.6 is 0 Å². The van der Waals surface area contributed by atoms with Crippen LogP contribution in [-0.4, -0.2) is 23.8 Å². The zero-order valence-corrected chi connectivity index (χ0v) is 9.89. The number of ether oxygens (including phenoxy) is 1. The topological polar surface area (TPSA) is 52.3 Å². The number of hydrogen-bond acceptors (Lipinski definition) is 3. The summed E-state index contributed by atoms with van der Waals surface area (Å²) in [6.45, 7) is 5.92. The van der Waals surface area contributed by atoms with Crippen LogP contribution in [-0.2, 0) is 9.53 Å². The maximum atomic E-state index is 12.4. The van der Waals surface area contributed by atoms with E-state index in [1.807, 2.05) is 13.8 Å². The van der Waals surface area contributed by atoms with Crippen LogP contribution in [0.3, 0.4) is 0 Å². The molecule has 3 nitrogen and oxygen atoms in total. The summed E-state index contributed by atoms with van der Waals surface area (Å²) < 4.78 is 41.8. The molecule has 0 radical (unpaired) electrons. The molecule has 0 amide bonds. The Labute approximate surface area is 93.1 Å². The maximum absolute atomic E-state index is 12.4. The van der Waals surface area contributed by atoms with Crippen LogP contribution in [0.25, 0.3) is 0 Å². The van der Waals surface area contributed by atoms with Crippen molar-refractivity contribution in [3.63, 3.8) is 0 Å². The Kier molecular flexibility index (Phi) is 4.79. The van der Waals surface area contributed by atoms with Gasteiger partial charge in [-0.3, -0.25) is 0 Å². The van der Waals surface area contributed by atoms with Crippen molar-refractivity contribution >= 4 is 5.97 Å². The lowest BCUT2D eigenvalue weighted by atomic mass is 10.0. The molecule has 16 heavy (non-hydrogen) atoms. The highest BCUT2D eigenvalue weighted by atomic mass is 19.4. The van der Waals surface area contributed by atoms with Crippen molar-refractivity contribution < 1.29 is 22.7 Å². The Morgan fingerprint density at radius 2 is 1.75 bits per heavy atom. The fraction of sp³-hybridized carbons (Fsp3) is 0.900. The minimum Gasteiger partial charge on any atom is -0.461 e. The zero-order chi connectivity index (χ0) is 13.1. The summed E-state index contributed by atoms with van der Waals surface area (Å²) in [5, 5.41) is 0. The Morgan fingerprint density at radius 1 is 1.31 bits per heavy atom. The third-order valence-electron chi connectivity index (χ3n) is 2.12. The number of nitrogens with two attached hydrogens (primary N) is 1. The van der Waals surface area contributed by atoms with Gasteiger partial charge >= 0.3 is 12.1 Å². The van der Waals surface area contributed by atoms with Crippen LogP contribution in [0.4, 0.5) is 13.2 Å². The van der Waals surface area contributed by atoms with Crippen LogP contribution in [0.2, 0.25) is 0 Å². The maximum Gasteiger partial charge on any atom is 0.416 e. The van der Waals surface area contributed by atoms with Gasteiger partial charge in [0.15, 0.2) is 0 Å². The normalized spacial score (nSPS) is 18.1. The fourth-order valence-corrected chi connectivity index (χ4v) is 1.13. The number of halogens is 3. The van der Waals surface area contributed by atoms with Gasteiger partial charge in [-0.1, -0.05) is 13.8 Å². The van der Waals surface area contributed by atoms with E-state index >= 15 is 0 Å². The van der Waals surface area contributed by atoms with Gasteiger partial charge in [-0.05, 0) is 26.2 Å². The van der Waals surface area contributed by atoms with Crippen molar-refractivity contribution in [3.8, 4) is 0 Å². The average molecular weight is 241 g/mol. The van der Waals surface area contributed by atoms with Gasteiger partial charge in [-0.15, -0.1) is 0 Å². The average Bonchev–Trinajstić information content (AvgIpc) is 1.99. The van der Waals surface area contributed by atoms with Gasteiger partial charge < -0.3 is 10.5 Å². The summed E-state index contributed by atoms with van der Waals surface area (Å²) >= 11 is 0. The van der Waals surface area contributed by atoms with E-state index in [1.165, 1.54) is 0 Å². The first kappa shape index (κ1) is 15.2. The first-order valence-corrected chi connectivity index (χ1v) is 5.05. The van der Waals surface area contributed by atoms with E-state index in [0.29, 0.717) is 13.3 Å². The van der Waals surface area contributed by atoms with Crippen LogP contribution in [0.15, 0.2) is 0 Å². The highest BCUT2D eigenvalue weighted by molar-refractivity contribution is 5.81. The highest BCUT2D eigenvalue weighted by Crippen LogP contribution is 2.29. The van der Waals surface area contributed by atoms with Crippen molar-refractivity contribution in [2.45, 2.75) is 51.9 Å². The molecule has 0 saturated heterocycles. The van der Waals surface area contributed by atoms with Gasteiger partial charge in [0.2, 0.25) is 5.54 Å². The zero-order valence-electron chi connectivity index (χ0n) is 9.89. The third kappa shape index (κ3) is 4.00. The molecule has 0 aliphatic heterocycles. The molecule has 0 fully saturated rings. The third-order valence-corrected chi connectivity index (χ3v) is 2.12. The number of esters is 1. The van der Waals surface area contributed by atoms with E-state index in [2.05, 4.69) is 4.74 Å². The molecule has 0 spiro atoms. The van der Waals surface area contributed by atoms with Crippen molar-refractivity contribution in [3.05, 3.63) is 0 Å². The first-order chi connectivity index (χ1) is 6.98. The van der Waals surface area contributed by atoms with Gasteiger partial charge in [-0.25, -0.2) is 4.79 Å². The minimum absolute atomic E-state index is 0.234. The standard InChI is InChI=1S/C10H18F3NO2/c1-6(2)5-7(3)16-8(15)9(4,14)10(11,12)13/h6-7H,5,14H2,1-4H3. The van der Waals surface area contributed by atoms with Gasteiger partial charge in [0.25, 0.3) is 0 Å². The monoisotopic (exact) mass is 241 g/mol. The lowest BCUT2D eigenvalue weighted by Gasteiger charge is -2.27. The molecule has 2 N–H and O–H groups in total. The predicted molar refractivity (Wildman–Crippen MR) is 53.7 cm³/mol. The molecule has 0 rings (SSSR count). The van der Waals surface area contributed by atoms with Crippen LogP contribution < -0.4 is 5.73 Å². The Morgan fingerprint density at radius 3 is 2.06 bits per heavy atom. The summed E-state index contributed by atoms with van der Waals surface area (Å²) in [4.78, 5) is 11.2. The van der Waals surface area contributed by atoms with Gasteiger partial charge in [0.1, 0.15) is 0 Å². The largest absolute Gasteiger partial charge is 0.461 e. The van der Waals surface area contributed by atoms with E-state index in [0.717, 1.165) is 0 Å². The van der Waals surface area contributed by atoms with E-state index < -0.39 is 23.8 Å². The second-order valence-electron chi connectivity index (χ2n) is 4.55. The second kappa shape index (κ2) is 5.03. The molecule has 0 heterocycles. The molecule has 2 atom stereocenters. The molecule has 6 heteroatoms. The summed E-state index contributed by atoms with van der Waals surface area (Å²) in [6.07, 6.45) is -4.88. The molecular formula is C10H18F3NO2. The number of hydrogen-bond donors (Lipinski definition) is 1. The SMILES string of the molecule is CC(C)CC(C)OC(=O)C(C)(N)C(F)(F)F. The van der Waals surface area contributed by atoms with E-state index in [9.17, 15) is 18.0 Å². The molecule has 2 unspecified atom stereocenters. The lowest BCUT2D eigenvalue weighted by molar-refractivity contribution is -0.205. The summed E-state index contributed by atoms with van der Waals surface area (Å²) in [5.41, 5.74) is 1.97. The summed E-state index contributed by atoms with van der Waals surface area (Å²) in [6, 6.07) is 0. The fourth-order valence-electron chi connectivity index (χ4n) is 1.13. The molecular weight excluding hydrogens is 223 g/mol. The Hall–Kier alpha value is -0.780. The van der Waals surface area contributed by atoms with Gasteiger partial charge in [-0.2, -0.15) is 13.2 Å². The molecule has 0 aliphatic rings. The summed E-state index contributed by atoms with van der Waals surface area (Å²) in [7, 11) is 0. The molecule has 0 bridgehead atoms. The van der Waals surface area contributed by atoms with Gasteiger partial charge in [0, 0.05) is 0 Å². The van der Waals surface area contributed by atoms with Crippen molar-refractivity contribution in [2.24, 2.45) is 11.7 Å². The summed E-state index contributed by atoms with van der Waals surface area (Å²) in [5.74, 6) is -1.20. The second-order valence-corrected chi connectivity index (χ2v) is 4.55. The van der Waals surface area contributed by atoms with E-state index in [4.69, 9.17) is 5.73 Å². The van der Waals surface area contributed by atoms with Crippen molar-refractivity contribution in [1.82, 2.24) is 0 Å². The van der Waals surface area contributed by atoms with Crippen molar-refractivity contribution in [2.75, 3.05) is 0 Å². The quantitative estimate of drug-likeness (QED) is 0.768. The predicted octanol–water partition coefficient (Wildman–Crippen LogP) is 2.24. The van der Waals surface area contributed by atoms with Crippen LogP contribution in [0.1, 0.15) is 34.1 Å². The molecule has 0 aromatic heterocycles. The molecule has 0 aromatic carbocycles. The number of carbonyl (C=O) groups is 1.